The maximum atomic E-state index is 12.3. The molecule has 2 rings (SSSR count). The van der Waals surface area contributed by atoms with Crippen LogP contribution in [0.4, 0.5) is 0 Å². The van der Waals surface area contributed by atoms with Crippen molar-refractivity contribution in [3.8, 4) is 11.5 Å². The van der Waals surface area contributed by atoms with E-state index in [1.807, 2.05) is 6.92 Å². The maximum Gasteiger partial charge on any atom is 0.251 e. The molecule has 1 aromatic carbocycles. The van der Waals surface area contributed by atoms with Gasteiger partial charge in [-0.3, -0.25) is 4.79 Å². The minimum Gasteiger partial charge on any atom is -0.496 e. The SMILES string of the molecule is COc1cc(C(=O)NCC2CCCCC2)cc(OC)c1C. The molecule has 1 fully saturated rings. The molecular weight excluding hydrogens is 266 g/mol. The highest BCUT2D eigenvalue weighted by Gasteiger charge is 2.17. The van der Waals surface area contributed by atoms with E-state index in [9.17, 15) is 4.79 Å². The Labute approximate surface area is 126 Å². The molecule has 1 aliphatic carbocycles. The zero-order valence-corrected chi connectivity index (χ0v) is 13.2. The Hall–Kier alpha value is -1.71. The van der Waals surface area contributed by atoms with Crippen molar-refractivity contribution >= 4 is 5.91 Å². The molecule has 1 aliphatic rings. The smallest absolute Gasteiger partial charge is 0.251 e. The number of methoxy groups -OCH3 is 2. The Balaban J connectivity index is 2.04. The van der Waals surface area contributed by atoms with E-state index >= 15 is 0 Å². The van der Waals surface area contributed by atoms with E-state index in [1.54, 1.807) is 26.4 Å². The zero-order chi connectivity index (χ0) is 15.2. The summed E-state index contributed by atoms with van der Waals surface area (Å²) >= 11 is 0. The maximum absolute atomic E-state index is 12.3. The molecule has 0 atom stereocenters. The summed E-state index contributed by atoms with van der Waals surface area (Å²) in [4.78, 5) is 12.3. The lowest BCUT2D eigenvalue weighted by molar-refractivity contribution is 0.0943. The second-order valence-electron chi connectivity index (χ2n) is 5.72. The first kappa shape index (κ1) is 15.7. The first-order valence-electron chi connectivity index (χ1n) is 7.66. The fraction of sp³-hybridized carbons (Fsp3) is 0.588. The average molecular weight is 291 g/mol. The second kappa shape index (κ2) is 7.34. The van der Waals surface area contributed by atoms with Crippen LogP contribution in [0.3, 0.4) is 0 Å². The zero-order valence-electron chi connectivity index (χ0n) is 13.2. The first-order chi connectivity index (χ1) is 10.2. The number of nitrogens with one attached hydrogen (secondary N) is 1. The van der Waals surface area contributed by atoms with Gasteiger partial charge in [-0.05, 0) is 37.8 Å². The topological polar surface area (TPSA) is 47.6 Å². The molecule has 1 aromatic rings. The molecule has 0 spiro atoms. The number of amides is 1. The summed E-state index contributed by atoms with van der Waals surface area (Å²) in [6, 6.07) is 3.54. The highest BCUT2D eigenvalue weighted by Crippen LogP contribution is 2.29. The number of hydrogen-bond donors (Lipinski definition) is 1. The van der Waals surface area contributed by atoms with Gasteiger partial charge in [0, 0.05) is 17.7 Å². The average Bonchev–Trinajstić information content (AvgIpc) is 2.53. The number of ether oxygens (including phenoxy) is 2. The van der Waals surface area contributed by atoms with Crippen LogP contribution in [-0.4, -0.2) is 26.7 Å². The highest BCUT2D eigenvalue weighted by molar-refractivity contribution is 5.95. The standard InChI is InChI=1S/C17H25NO3/c1-12-15(20-2)9-14(10-16(12)21-3)17(19)18-11-13-7-5-4-6-8-13/h9-10,13H,4-8,11H2,1-3H3,(H,18,19). The Kier molecular flexibility index (Phi) is 5.48. The molecule has 1 N–H and O–H groups in total. The number of benzene rings is 1. The Morgan fingerprint density at radius 1 is 1.14 bits per heavy atom. The summed E-state index contributed by atoms with van der Waals surface area (Å²) < 4.78 is 10.6. The lowest BCUT2D eigenvalue weighted by atomic mass is 9.89. The lowest BCUT2D eigenvalue weighted by Gasteiger charge is -2.22. The van der Waals surface area contributed by atoms with E-state index in [0.29, 0.717) is 23.0 Å². The number of hydrogen-bond acceptors (Lipinski definition) is 3. The van der Waals surface area contributed by atoms with Crippen molar-refractivity contribution in [2.45, 2.75) is 39.0 Å². The molecule has 0 aliphatic heterocycles. The Morgan fingerprint density at radius 3 is 2.24 bits per heavy atom. The van der Waals surface area contributed by atoms with E-state index in [-0.39, 0.29) is 5.91 Å². The van der Waals surface area contributed by atoms with Crippen molar-refractivity contribution in [1.29, 1.82) is 0 Å². The summed E-state index contributed by atoms with van der Waals surface area (Å²) in [5.74, 6) is 1.92. The van der Waals surface area contributed by atoms with Crippen LogP contribution < -0.4 is 14.8 Å². The predicted molar refractivity (Wildman–Crippen MR) is 83.2 cm³/mol. The van der Waals surface area contributed by atoms with Gasteiger partial charge in [0.05, 0.1) is 14.2 Å². The van der Waals surface area contributed by atoms with Gasteiger partial charge in [0.1, 0.15) is 11.5 Å². The van der Waals surface area contributed by atoms with Gasteiger partial charge < -0.3 is 14.8 Å². The van der Waals surface area contributed by atoms with Crippen molar-refractivity contribution in [2.75, 3.05) is 20.8 Å². The van der Waals surface area contributed by atoms with Crippen LogP contribution >= 0.6 is 0 Å². The third-order valence-electron chi connectivity index (χ3n) is 4.29. The predicted octanol–water partition coefficient (Wildman–Crippen LogP) is 3.32. The summed E-state index contributed by atoms with van der Waals surface area (Å²) in [6.45, 7) is 2.68. The molecular formula is C17H25NO3. The van der Waals surface area contributed by atoms with Gasteiger partial charge in [0.15, 0.2) is 0 Å². The fourth-order valence-corrected chi connectivity index (χ4v) is 2.95. The summed E-state index contributed by atoms with van der Waals surface area (Å²) in [5.41, 5.74) is 1.49. The molecule has 0 aromatic heterocycles. The third kappa shape index (κ3) is 3.90. The molecule has 4 heteroatoms. The molecule has 0 radical (unpaired) electrons. The van der Waals surface area contributed by atoms with Crippen LogP contribution in [0.25, 0.3) is 0 Å². The van der Waals surface area contributed by atoms with Gasteiger partial charge in [-0.25, -0.2) is 0 Å². The molecule has 21 heavy (non-hydrogen) atoms. The van der Waals surface area contributed by atoms with Crippen LogP contribution in [-0.2, 0) is 0 Å². The molecule has 0 saturated heterocycles. The van der Waals surface area contributed by atoms with E-state index in [0.717, 1.165) is 12.1 Å². The number of carbonyl (C=O) groups is 1. The lowest BCUT2D eigenvalue weighted by Crippen LogP contribution is -2.30. The van der Waals surface area contributed by atoms with Gasteiger partial charge in [-0.15, -0.1) is 0 Å². The van der Waals surface area contributed by atoms with Crippen LogP contribution in [0.1, 0.15) is 48.0 Å². The largest absolute Gasteiger partial charge is 0.496 e. The molecule has 1 saturated carbocycles. The summed E-state index contributed by atoms with van der Waals surface area (Å²) in [5, 5.41) is 3.04. The number of carbonyl (C=O) groups excluding carboxylic acids is 1. The third-order valence-corrected chi connectivity index (χ3v) is 4.29. The van der Waals surface area contributed by atoms with Crippen LogP contribution in [0.15, 0.2) is 12.1 Å². The van der Waals surface area contributed by atoms with Crippen molar-refractivity contribution in [3.05, 3.63) is 23.3 Å². The Bertz CT molecular complexity index is 468. The minimum absolute atomic E-state index is 0.0582. The van der Waals surface area contributed by atoms with E-state index in [2.05, 4.69) is 5.32 Å². The fourth-order valence-electron chi connectivity index (χ4n) is 2.95. The quantitative estimate of drug-likeness (QED) is 0.905. The van der Waals surface area contributed by atoms with Gasteiger partial charge in [0.25, 0.3) is 5.91 Å². The second-order valence-corrected chi connectivity index (χ2v) is 5.72. The molecule has 1 amide bonds. The highest BCUT2D eigenvalue weighted by atomic mass is 16.5. The van der Waals surface area contributed by atoms with E-state index < -0.39 is 0 Å². The van der Waals surface area contributed by atoms with Gasteiger partial charge >= 0.3 is 0 Å². The summed E-state index contributed by atoms with van der Waals surface area (Å²) in [6.07, 6.45) is 6.35. The van der Waals surface area contributed by atoms with Crippen molar-refractivity contribution in [1.82, 2.24) is 5.32 Å². The Morgan fingerprint density at radius 2 is 1.71 bits per heavy atom. The monoisotopic (exact) mass is 291 g/mol. The van der Waals surface area contributed by atoms with Crippen LogP contribution in [0.5, 0.6) is 11.5 Å². The molecule has 0 bridgehead atoms. The molecule has 116 valence electrons. The molecule has 0 unspecified atom stereocenters. The van der Waals surface area contributed by atoms with Gasteiger partial charge in [-0.1, -0.05) is 19.3 Å². The van der Waals surface area contributed by atoms with Crippen molar-refractivity contribution in [3.63, 3.8) is 0 Å². The molecule has 4 nitrogen and oxygen atoms in total. The minimum atomic E-state index is -0.0582. The van der Waals surface area contributed by atoms with Gasteiger partial charge in [0.2, 0.25) is 0 Å². The number of rotatable bonds is 5. The van der Waals surface area contributed by atoms with E-state index in [1.165, 1.54) is 32.1 Å². The van der Waals surface area contributed by atoms with Crippen LogP contribution in [0.2, 0.25) is 0 Å². The summed E-state index contributed by atoms with van der Waals surface area (Å²) in [7, 11) is 3.21. The van der Waals surface area contributed by atoms with Crippen molar-refractivity contribution in [2.24, 2.45) is 5.92 Å². The molecule has 0 heterocycles. The first-order valence-corrected chi connectivity index (χ1v) is 7.66. The van der Waals surface area contributed by atoms with Gasteiger partial charge in [-0.2, -0.15) is 0 Å². The van der Waals surface area contributed by atoms with Crippen molar-refractivity contribution < 1.29 is 14.3 Å². The van der Waals surface area contributed by atoms with Crippen LogP contribution in [0, 0.1) is 12.8 Å². The van der Waals surface area contributed by atoms with E-state index in [4.69, 9.17) is 9.47 Å². The normalized spacial score (nSPS) is 15.6.